The lowest BCUT2D eigenvalue weighted by Gasteiger charge is -2.21. The van der Waals surface area contributed by atoms with Gasteiger partial charge in [0.2, 0.25) is 0 Å². The van der Waals surface area contributed by atoms with Crippen LogP contribution in [0, 0.1) is 0 Å². The molecule has 4 heteroatoms. The van der Waals surface area contributed by atoms with Crippen LogP contribution in [-0.4, -0.2) is 31.1 Å². The van der Waals surface area contributed by atoms with Gasteiger partial charge in [-0.15, -0.1) is 0 Å². The lowest BCUT2D eigenvalue weighted by atomic mass is 10.3. The van der Waals surface area contributed by atoms with Gasteiger partial charge >= 0.3 is 0 Å². The summed E-state index contributed by atoms with van der Waals surface area (Å²) in [5, 5.41) is 0.693. The standard InChI is InChI=1S/C20H26ClNO2/c1-3-13-22(14-4-2)15-16-23-19-7-5-6-8-20(19)24-18-11-9-17(21)10-12-18/h5-12H,3-4,13-16H2,1-2H3. The fourth-order valence-corrected chi connectivity index (χ4v) is 2.66. The monoisotopic (exact) mass is 347 g/mol. The van der Waals surface area contributed by atoms with Crippen LogP contribution in [0.5, 0.6) is 17.2 Å². The van der Waals surface area contributed by atoms with Crippen molar-refractivity contribution in [2.45, 2.75) is 26.7 Å². The van der Waals surface area contributed by atoms with Crippen LogP contribution in [0.2, 0.25) is 5.02 Å². The van der Waals surface area contributed by atoms with Crippen molar-refractivity contribution in [1.82, 2.24) is 4.90 Å². The number of hydrogen-bond donors (Lipinski definition) is 0. The summed E-state index contributed by atoms with van der Waals surface area (Å²) in [5.41, 5.74) is 0. The van der Waals surface area contributed by atoms with E-state index in [9.17, 15) is 0 Å². The zero-order chi connectivity index (χ0) is 17.2. The van der Waals surface area contributed by atoms with Gasteiger partial charge < -0.3 is 9.47 Å². The summed E-state index contributed by atoms with van der Waals surface area (Å²) >= 11 is 5.91. The molecule has 0 aliphatic carbocycles. The van der Waals surface area contributed by atoms with Crippen molar-refractivity contribution in [3.63, 3.8) is 0 Å². The molecular weight excluding hydrogens is 322 g/mol. The fourth-order valence-electron chi connectivity index (χ4n) is 2.54. The Kier molecular flexibility index (Phi) is 7.93. The number of benzene rings is 2. The number of nitrogens with zero attached hydrogens (tertiary/aromatic N) is 1. The maximum Gasteiger partial charge on any atom is 0.169 e. The van der Waals surface area contributed by atoms with E-state index >= 15 is 0 Å². The molecule has 0 radical (unpaired) electrons. The molecule has 0 saturated heterocycles. The Morgan fingerprint density at radius 3 is 2.08 bits per heavy atom. The van der Waals surface area contributed by atoms with Crippen molar-refractivity contribution in [3.8, 4) is 17.2 Å². The molecule has 0 N–H and O–H groups in total. The van der Waals surface area contributed by atoms with Crippen LogP contribution in [0.3, 0.4) is 0 Å². The quantitative estimate of drug-likeness (QED) is 0.555. The van der Waals surface area contributed by atoms with Crippen LogP contribution in [0.15, 0.2) is 48.5 Å². The molecule has 0 heterocycles. The first-order valence-corrected chi connectivity index (χ1v) is 8.98. The van der Waals surface area contributed by atoms with E-state index in [-0.39, 0.29) is 0 Å². The van der Waals surface area contributed by atoms with Crippen molar-refractivity contribution >= 4 is 11.6 Å². The van der Waals surface area contributed by atoms with Crippen molar-refractivity contribution in [1.29, 1.82) is 0 Å². The van der Waals surface area contributed by atoms with E-state index in [1.807, 2.05) is 48.5 Å². The third-order valence-electron chi connectivity index (χ3n) is 3.64. The maximum absolute atomic E-state index is 5.96. The predicted octanol–water partition coefficient (Wildman–Crippen LogP) is 5.63. The summed E-state index contributed by atoms with van der Waals surface area (Å²) in [6.45, 7) is 8.22. The highest BCUT2D eigenvalue weighted by atomic mass is 35.5. The molecule has 3 nitrogen and oxygen atoms in total. The first-order valence-electron chi connectivity index (χ1n) is 8.60. The molecule has 0 aromatic heterocycles. The third kappa shape index (κ3) is 6.06. The van der Waals surface area contributed by atoms with Gasteiger partial charge in [-0.25, -0.2) is 0 Å². The van der Waals surface area contributed by atoms with E-state index in [0.717, 1.165) is 49.7 Å². The Labute approximate surface area is 150 Å². The molecule has 2 rings (SSSR count). The predicted molar refractivity (Wildman–Crippen MR) is 100 cm³/mol. The van der Waals surface area contributed by atoms with Crippen LogP contribution in [0.25, 0.3) is 0 Å². The number of rotatable bonds is 10. The van der Waals surface area contributed by atoms with Gasteiger partial charge in [0, 0.05) is 11.6 Å². The minimum absolute atomic E-state index is 0.654. The number of halogens is 1. The zero-order valence-electron chi connectivity index (χ0n) is 14.5. The van der Waals surface area contributed by atoms with Crippen molar-refractivity contribution in [2.24, 2.45) is 0 Å². The summed E-state index contributed by atoms with van der Waals surface area (Å²) in [7, 11) is 0. The Morgan fingerprint density at radius 2 is 1.46 bits per heavy atom. The molecule has 130 valence electrons. The van der Waals surface area contributed by atoms with Gasteiger partial charge in [0.05, 0.1) is 0 Å². The molecule has 2 aromatic carbocycles. The molecule has 0 aliphatic heterocycles. The minimum atomic E-state index is 0.654. The molecule has 0 bridgehead atoms. The molecule has 0 amide bonds. The van der Waals surface area contributed by atoms with Gasteiger partial charge in [-0.3, -0.25) is 4.90 Å². The van der Waals surface area contributed by atoms with Crippen LogP contribution in [-0.2, 0) is 0 Å². The first kappa shape index (κ1) is 18.6. The second-order valence-electron chi connectivity index (χ2n) is 5.69. The van der Waals surface area contributed by atoms with Crippen LogP contribution in [0.4, 0.5) is 0 Å². The van der Waals surface area contributed by atoms with Gasteiger partial charge in [-0.2, -0.15) is 0 Å². The van der Waals surface area contributed by atoms with Crippen molar-refractivity contribution in [3.05, 3.63) is 53.6 Å². The molecule has 0 aliphatic rings. The molecule has 0 fully saturated rings. The number of para-hydroxylation sites is 2. The van der Waals surface area contributed by atoms with Crippen LogP contribution in [0.1, 0.15) is 26.7 Å². The molecule has 0 unspecified atom stereocenters. The third-order valence-corrected chi connectivity index (χ3v) is 3.89. The second kappa shape index (κ2) is 10.2. The highest BCUT2D eigenvalue weighted by molar-refractivity contribution is 6.30. The summed E-state index contributed by atoms with van der Waals surface area (Å²) in [6, 6.07) is 15.1. The molecule has 2 aromatic rings. The highest BCUT2D eigenvalue weighted by Gasteiger charge is 2.07. The highest BCUT2D eigenvalue weighted by Crippen LogP contribution is 2.31. The largest absolute Gasteiger partial charge is 0.488 e. The normalized spacial score (nSPS) is 10.8. The van der Waals surface area contributed by atoms with Gasteiger partial charge in [0.1, 0.15) is 12.4 Å². The SMILES string of the molecule is CCCN(CCC)CCOc1ccccc1Oc1ccc(Cl)cc1. The summed E-state index contributed by atoms with van der Waals surface area (Å²) in [5.74, 6) is 2.23. The van der Waals surface area contributed by atoms with Crippen LogP contribution >= 0.6 is 11.6 Å². The number of ether oxygens (including phenoxy) is 2. The average molecular weight is 348 g/mol. The Hall–Kier alpha value is -1.71. The lowest BCUT2D eigenvalue weighted by Crippen LogP contribution is -2.30. The Morgan fingerprint density at radius 1 is 0.833 bits per heavy atom. The Bertz CT molecular complexity index is 595. The van der Waals surface area contributed by atoms with Gasteiger partial charge in [0.25, 0.3) is 0 Å². The van der Waals surface area contributed by atoms with Crippen LogP contribution < -0.4 is 9.47 Å². The van der Waals surface area contributed by atoms with Gasteiger partial charge in [0.15, 0.2) is 11.5 Å². The van der Waals surface area contributed by atoms with Gasteiger partial charge in [-0.1, -0.05) is 37.6 Å². The Balaban J connectivity index is 1.94. The van der Waals surface area contributed by atoms with E-state index in [0.29, 0.717) is 11.6 Å². The first-order chi connectivity index (χ1) is 11.7. The van der Waals surface area contributed by atoms with E-state index in [1.165, 1.54) is 0 Å². The van der Waals surface area contributed by atoms with Crippen molar-refractivity contribution < 1.29 is 9.47 Å². The summed E-state index contributed by atoms with van der Waals surface area (Å²) in [4.78, 5) is 2.43. The summed E-state index contributed by atoms with van der Waals surface area (Å²) < 4.78 is 11.9. The number of hydrogen-bond acceptors (Lipinski definition) is 3. The van der Waals surface area contributed by atoms with E-state index in [4.69, 9.17) is 21.1 Å². The zero-order valence-corrected chi connectivity index (χ0v) is 15.3. The molecular formula is C20H26ClNO2. The lowest BCUT2D eigenvalue weighted by molar-refractivity contribution is 0.205. The van der Waals surface area contributed by atoms with Crippen molar-refractivity contribution in [2.75, 3.05) is 26.2 Å². The topological polar surface area (TPSA) is 21.7 Å². The average Bonchev–Trinajstić information content (AvgIpc) is 2.59. The molecule has 0 atom stereocenters. The van der Waals surface area contributed by atoms with E-state index < -0.39 is 0 Å². The van der Waals surface area contributed by atoms with E-state index in [1.54, 1.807) is 0 Å². The molecule has 0 saturated carbocycles. The summed E-state index contributed by atoms with van der Waals surface area (Å²) in [6.07, 6.45) is 2.33. The van der Waals surface area contributed by atoms with E-state index in [2.05, 4.69) is 18.7 Å². The second-order valence-corrected chi connectivity index (χ2v) is 6.13. The molecule has 24 heavy (non-hydrogen) atoms. The minimum Gasteiger partial charge on any atom is -0.488 e. The maximum atomic E-state index is 5.96. The smallest absolute Gasteiger partial charge is 0.169 e. The fraction of sp³-hybridized carbons (Fsp3) is 0.400. The molecule has 0 spiro atoms. The van der Waals surface area contributed by atoms with Gasteiger partial charge in [-0.05, 0) is 62.3 Å².